The predicted molar refractivity (Wildman–Crippen MR) is 94.9 cm³/mol. The Morgan fingerprint density at radius 2 is 2.04 bits per heavy atom. The van der Waals surface area contributed by atoms with Crippen molar-refractivity contribution < 1.29 is 5.11 Å². The Balaban J connectivity index is 1.94. The topological polar surface area (TPSA) is 96.3 Å². The number of nitrogens with zero attached hydrogens (tertiary/aromatic N) is 6. The number of allylic oxidation sites excluding steroid dienone is 1. The summed E-state index contributed by atoms with van der Waals surface area (Å²) in [7, 11) is 6.06. The van der Waals surface area contributed by atoms with Gasteiger partial charge in [0, 0.05) is 32.7 Å². The summed E-state index contributed by atoms with van der Waals surface area (Å²) in [5.41, 5.74) is 7.43. The molecule has 0 radical (unpaired) electrons. The average Bonchev–Trinajstić information content (AvgIpc) is 3.17. The Labute approximate surface area is 141 Å². The summed E-state index contributed by atoms with van der Waals surface area (Å²) >= 11 is 0. The quantitative estimate of drug-likeness (QED) is 0.745. The standard InChI is InChI=1S/C16H25N7O/c1-21(2)6-7-22(3)14-13-15(20-16(17)19-14)23(10-18-13)12-5-4-11(8-12)9-24/h4-5,10-12,24H,6-9H2,1-3H3,(H2,17,19,20)/t11-,12+/m1/s1. The molecule has 8 heteroatoms. The van der Waals surface area contributed by atoms with Crippen LogP contribution in [0.2, 0.25) is 0 Å². The maximum atomic E-state index is 9.33. The zero-order valence-corrected chi connectivity index (χ0v) is 14.4. The van der Waals surface area contributed by atoms with E-state index >= 15 is 0 Å². The summed E-state index contributed by atoms with van der Waals surface area (Å²) in [6.07, 6.45) is 6.77. The monoisotopic (exact) mass is 331 g/mol. The number of nitrogens with two attached hydrogens (primary N) is 1. The van der Waals surface area contributed by atoms with Gasteiger partial charge in [0.05, 0.1) is 12.4 Å². The second kappa shape index (κ2) is 6.74. The second-order valence-corrected chi connectivity index (χ2v) is 6.58. The van der Waals surface area contributed by atoms with E-state index in [9.17, 15) is 5.11 Å². The molecule has 0 aromatic carbocycles. The van der Waals surface area contributed by atoms with Gasteiger partial charge >= 0.3 is 0 Å². The van der Waals surface area contributed by atoms with Gasteiger partial charge in [0.15, 0.2) is 17.0 Å². The molecule has 0 amide bonds. The van der Waals surface area contributed by atoms with Crippen LogP contribution in [-0.2, 0) is 0 Å². The van der Waals surface area contributed by atoms with Crippen molar-refractivity contribution in [3.8, 4) is 0 Å². The first-order valence-electron chi connectivity index (χ1n) is 8.14. The molecule has 1 aliphatic carbocycles. The average molecular weight is 331 g/mol. The van der Waals surface area contributed by atoms with Gasteiger partial charge in [0.25, 0.3) is 0 Å². The molecular formula is C16H25N7O. The number of rotatable bonds is 6. The number of aliphatic hydroxyl groups is 1. The molecule has 0 aliphatic heterocycles. The molecule has 0 unspecified atom stereocenters. The lowest BCUT2D eigenvalue weighted by Gasteiger charge is -2.21. The molecule has 24 heavy (non-hydrogen) atoms. The van der Waals surface area contributed by atoms with E-state index in [-0.39, 0.29) is 24.5 Å². The summed E-state index contributed by atoms with van der Waals surface area (Å²) < 4.78 is 2.02. The van der Waals surface area contributed by atoms with Crippen LogP contribution in [0.25, 0.3) is 11.2 Å². The third-order valence-corrected chi connectivity index (χ3v) is 4.41. The van der Waals surface area contributed by atoms with E-state index < -0.39 is 0 Å². The van der Waals surface area contributed by atoms with Gasteiger partial charge in [0.2, 0.25) is 5.95 Å². The van der Waals surface area contributed by atoms with Crippen LogP contribution in [-0.4, -0.2) is 70.4 Å². The first-order chi connectivity index (χ1) is 11.5. The first kappa shape index (κ1) is 16.7. The second-order valence-electron chi connectivity index (χ2n) is 6.58. The fraction of sp³-hybridized carbons (Fsp3) is 0.562. The minimum Gasteiger partial charge on any atom is -0.396 e. The Bertz CT molecular complexity index is 739. The van der Waals surface area contributed by atoms with E-state index in [1.54, 1.807) is 6.33 Å². The third-order valence-electron chi connectivity index (χ3n) is 4.41. The molecule has 2 heterocycles. The van der Waals surface area contributed by atoms with Gasteiger partial charge in [-0.2, -0.15) is 9.97 Å². The van der Waals surface area contributed by atoms with Crippen LogP contribution in [0.5, 0.6) is 0 Å². The van der Waals surface area contributed by atoms with Gasteiger partial charge in [-0.05, 0) is 20.5 Å². The molecule has 2 atom stereocenters. The van der Waals surface area contributed by atoms with Crippen molar-refractivity contribution in [3.05, 3.63) is 18.5 Å². The highest BCUT2D eigenvalue weighted by Crippen LogP contribution is 2.31. The van der Waals surface area contributed by atoms with Gasteiger partial charge < -0.3 is 25.2 Å². The molecule has 8 nitrogen and oxygen atoms in total. The summed E-state index contributed by atoms with van der Waals surface area (Å²) in [5, 5.41) is 9.33. The largest absolute Gasteiger partial charge is 0.396 e. The number of aromatic nitrogens is 4. The normalized spacial score (nSPS) is 20.4. The van der Waals surface area contributed by atoms with E-state index in [1.807, 2.05) is 31.8 Å². The number of fused-ring (bicyclic) bond motifs is 1. The van der Waals surface area contributed by atoms with Crippen LogP contribution in [0.15, 0.2) is 18.5 Å². The number of imidazole rings is 1. The summed E-state index contributed by atoms with van der Waals surface area (Å²) in [5.74, 6) is 1.18. The maximum Gasteiger partial charge on any atom is 0.224 e. The highest BCUT2D eigenvalue weighted by Gasteiger charge is 2.23. The van der Waals surface area contributed by atoms with Crippen molar-refractivity contribution in [3.63, 3.8) is 0 Å². The molecule has 3 rings (SSSR count). The van der Waals surface area contributed by atoms with Crippen LogP contribution < -0.4 is 10.6 Å². The number of anilines is 2. The van der Waals surface area contributed by atoms with E-state index in [2.05, 4.69) is 30.8 Å². The molecule has 130 valence electrons. The lowest BCUT2D eigenvalue weighted by Crippen LogP contribution is -2.29. The smallest absolute Gasteiger partial charge is 0.224 e. The highest BCUT2D eigenvalue weighted by molar-refractivity contribution is 5.84. The fourth-order valence-electron chi connectivity index (χ4n) is 2.98. The number of hydrogen-bond acceptors (Lipinski definition) is 7. The van der Waals surface area contributed by atoms with Gasteiger partial charge in [-0.15, -0.1) is 0 Å². The van der Waals surface area contributed by atoms with E-state index in [0.717, 1.165) is 36.5 Å². The number of hydrogen-bond donors (Lipinski definition) is 2. The van der Waals surface area contributed by atoms with E-state index in [1.165, 1.54) is 0 Å². The Hall–Kier alpha value is -2.19. The van der Waals surface area contributed by atoms with E-state index in [4.69, 9.17) is 5.73 Å². The van der Waals surface area contributed by atoms with Crippen molar-refractivity contribution >= 4 is 22.9 Å². The molecule has 0 saturated carbocycles. The van der Waals surface area contributed by atoms with Gasteiger partial charge in [-0.3, -0.25) is 0 Å². The maximum absolute atomic E-state index is 9.33. The summed E-state index contributed by atoms with van der Waals surface area (Å²) in [4.78, 5) is 17.5. The van der Waals surface area contributed by atoms with Crippen molar-refractivity contribution in [2.75, 3.05) is 51.5 Å². The van der Waals surface area contributed by atoms with E-state index in [0.29, 0.717) is 0 Å². The highest BCUT2D eigenvalue weighted by atomic mass is 16.3. The minimum absolute atomic E-state index is 0.140. The number of nitrogen functional groups attached to an aromatic ring is 1. The SMILES string of the molecule is CN(C)CCN(C)c1nc(N)nc2c1ncn2[C@H]1C=C[C@@H](CO)C1. The zero-order chi connectivity index (χ0) is 17.3. The van der Waals surface area contributed by atoms with Crippen LogP contribution in [0.1, 0.15) is 12.5 Å². The Kier molecular flexibility index (Phi) is 4.68. The van der Waals surface area contributed by atoms with Crippen LogP contribution >= 0.6 is 0 Å². The van der Waals surface area contributed by atoms with Crippen LogP contribution in [0.4, 0.5) is 11.8 Å². The van der Waals surface area contributed by atoms with Crippen molar-refractivity contribution in [2.45, 2.75) is 12.5 Å². The summed E-state index contributed by atoms with van der Waals surface area (Å²) in [6.45, 7) is 1.89. The lowest BCUT2D eigenvalue weighted by molar-refractivity contribution is 0.244. The molecule has 0 bridgehead atoms. The fourth-order valence-corrected chi connectivity index (χ4v) is 2.98. The number of aliphatic hydroxyl groups excluding tert-OH is 1. The molecule has 1 aliphatic rings. The van der Waals surface area contributed by atoms with Crippen molar-refractivity contribution in [1.29, 1.82) is 0 Å². The summed E-state index contributed by atoms with van der Waals surface area (Å²) in [6, 6.07) is 0.140. The molecule has 0 fully saturated rings. The molecule has 3 N–H and O–H groups in total. The van der Waals surface area contributed by atoms with Gasteiger partial charge in [0.1, 0.15) is 0 Å². The Morgan fingerprint density at radius 1 is 1.25 bits per heavy atom. The van der Waals surface area contributed by atoms with Gasteiger partial charge in [-0.25, -0.2) is 4.98 Å². The van der Waals surface area contributed by atoms with Crippen molar-refractivity contribution in [1.82, 2.24) is 24.4 Å². The molecule has 0 spiro atoms. The van der Waals surface area contributed by atoms with Gasteiger partial charge in [-0.1, -0.05) is 12.2 Å². The molecular weight excluding hydrogens is 306 g/mol. The van der Waals surface area contributed by atoms with Crippen LogP contribution in [0.3, 0.4) is 0 Å². The molecule has 2 aromatic heterocycles. The number of likely N-dealkylation sites (N-methyl/N-ethyl adjacent to an activating group) is 2. The molecule has 0 saturated heterocycles. The van der Waals surface area contributed by atoms with Crippen LogP contribution in [0, 0.1) is 5.92 Å². The Morgan fingerprint density at radius 3 is 2.71 bits per heavy atom. The molecule has 2 aromatic rings. The zero-order valence-electron chi connectivity index (χ0n) is 14.4. The minimum atomic E-state index is 0.140. The predicted octanol–water partition coefficient (Wildman–Crippen LogP) is 0.516. The third kappa shape index (κ3) is 3.20. The lowest BCUT2D eigenvalue weighted by atomic mass is 10.1. The first-order valence-corrected chi connectivity index (χ1v) is 8.14. The van der Waals surface area contributed by atoms with Crippen molar-refractivity contribution in [2.24, 2.45) is 5.92 Å².